The molecule has 0 saturated carbocycles. The van der Waals surface area contributed by atoms with E-state index in [9.17, 15) is 4.39 Å². The van der Waals surface area contributed by atoms with Crippen LogP contribution in [0, 0.1) is 5.82 Å². The molecule has 0 aliphatic carbocycles. The first-order valence-electron chi connectivity index (χ1n) is 6.49. The van der Waals surface area contributed by atoms with Crippen LogP contribution in [0.4, 0.5) is 10.2 Å². The summed E-state index contributed by atoms with van der Waals surface area (Å²) >= 11 is 5.79. The van der Waals surface area contributed by atoms with E-state index in [-0.39, 0.29) is 11.9 Å². The van der Waals surface area contributed by atoms with E-state index in [0.29, 0.717) is 22.8 Å². The van der Waals surface area contributed by atoms with E-state index in [1.807, 2.05) is 19.1 Å². The molecule has 0 saturated heterocycles. The number of aromatic nitrogens is 1. The van der Waals surface area contributed by atoms with Crippen molar-refractivity contribution in [2.75, 3.05) is 12.3 Å². The van der Waals surface area contributed by atoms with Crippen molar-refractivity contribution in [2.24, 2.45) is 0 Å². The zero-order valence-electron chi connectivity index (χ0n) is 11.2. The molecule has 2 aromatic rings. The summed E-state index contributed by atoms with van der Waals surface area (Å²) in [4.78, 5) is 4.06. The minimum absolute atomic E-state index is 0.163. The maximum absolute atomic E-state index is 14.1. The predicted octanol–water partition coefficient (Wildman–Crippen LogP) is 3.35. The maximum Gasteiger partial charge on any atom is 0.129 e. The van der Waals surface area contributed by atoms with Crippen LogP contribution in [0.3, 0.4) is 0 Å². The molecular formula is C15H17ClFN3. The lowest BCUT2D eigenvalue weighted by molar-refractivity contribution is 0.510. The first-order chi connectivity index (χ1) is 9.61. The summed E-state index contributed by atoms with van der Waals surface area (Å²) in [6.07, 6.45) is 2.22. The van der Waals surface area contributed by atoms with Crippen molar-refractivity contribution in [3.8, 4) is 0 Å². The van der Waals surface area contributed by atoms with Crippen molar-refractivity contribution in [3.05, 3.63) is 58.5 Å². The number of halogens is 2. The van der Waals surface area contributed by atoms with Gasteiger partial charge < -0.3 is 11.1 Å². The summed E-state index contributed by atoms with van der Waals surface area (Å²) in [7, 11) is 0. The van der Waals surface area contributed by atoms with E-state index in [2.05, 4.69) is 10.3 Å². The Morgan fingerprint density at radius 1 is 1.40 bits per heavy atom. The van der Waals surface area contributed by atoms with E-state index >= 15 is 0 Å². The van der Waals surface area contributed by atoms with Gasteiger partial charge in [-0.1, -0.05) is 30.7 Å². The number of nitrogens with two attached hydrogens (primary N) is 1. The lowest BCUT2D eigenvalue weighted by atomic mass is 9.98. The highest BCUT2D eigenvalue weighted by Gasteiger charge is 2.17. The van der Waals surface area contributed by atoms with E-state index < -0.39 is 0 Å². The topological polar surface area (TPSA) is 50.9 Å². The van der Waals surface area contributed by atoms with Crippen LogP contribution >= 0.6 is 11.6 Å². The highest BCUT2D eigenvalue weighted by molar-refractivity contribution is 6.30. The highest BCUT2D eigenvalue weighted by atomic mass is 35.5. The molecule has 0 radical (unpaired) electrons. The molecule has 1 aromatic heterocycles. The quantitative estimate of drug-likeness (QED) is 0.889. The van der Waals surface area contributed by atoms with Crippen LogP contribution in [0.25, 0.3) is 0 Å². The Hall–Kier alpha value is -1.65. The van der Waals surface area contributed by atoms with Crippen LogP contribution < -0.4 is 11.1 Å². The van der Waals surface area contributed by atoms with Gasteiger partial charge in [-0.15, -0.1) is 0 Å². The Balaban J connectivity index is 2.29. The van der Waals surface area contributed by atoms with Gasteiger partial charge in [0.1, 0.15) is 11.6 Å². The molecule has 3 nitrogen and oxygen atoms in total. The lowest BCUT2D eigenvalue weighted by Crippen LogP contribution is -2.24. The Labute approximate surface area is 123 Å². The summed E-state index contributed by atoms with van der Waals surface area (Å²) in [5.41, 5.74) is 7.33. The van der Waals surface area contributed by atoms with Gasteiger partial charge in [0.05, 0.1) is 0 Å². The fourth-order valence-electron chi connectivity index (χ4n) is 2.17. The number of rotatable bonds is 5. The highest BCUT2D eigenvalue weighted by Crippen LogP contribution is 2.25. The zero-order chi connectivity index (χ0) is 14.5. The van der Waals surface area contributed by atoms with Crippen molar-refractivity contribution in [1.82, 2.24) is 10.3 Å². The molecule has 0 spiro atoms. The molecule has 20 heavy (non-hydrogen) atoms. The molecule has 0 aliphatic rings. The third-order valence-corrected chi connectivity index (χ3v) is 3.37. The number of likely N-dealkylation sites (N-methyl/N-ethyl adjacent to an activating group) is 1. The zero-order valence-corrected chi connectivity index (χ0v) is 12.0. The van der Waals surface area contributed by atoms with Gasteiger partial charge in [0.15, 0.2) is 0 Å². The molecule has 1 unspecified atom stereocenters. The summed E-state index contributed by atoms with van der Waals surface area (Å²) in [5.74, 6) is 0.163. The Morgan fingerprint density at radius 3 is 2.85 bits per heavy atom. The number of nitrogen functional groups attached to an aromatic ring is 1. The lowest BCUT2D eigenvalue weighted by Gasteiger charge is -2.20. The van der Waals surface area contributed by atoms with Crippen LogP contribution in [0.5, 0.6) is 0 Å². The molecule has 1 aromatic carbocycles. The number of nitrogens with one attached hydrogen (secondary N) is 1. The monoisotopic (exact) mass is 293 g/mol. The van der Waals surface area contributed by atoms with E-state index in [0.717, 1.165) is 12.1 Å². The van der Waals surface area contributed by atoms with Crippen LogP contribution in [0.2, 0.25) is 5.02 Å². The van der Waals surface area contributed by atoms with Crippen LogP contribution in [-0.2, 0) is 6.42 Å². The fraction of sp³-hybridized carbons (Fsp3) is 0.267. The minimum Gasteiger partial charge on any atom is -0.383 e. The second-order valence-corrected chi connectivity index (χ2v) is 4.96. The average Bonchev–Trinajstić information content (AvgIpc) is 2.41. The van der Waals surface area contributed by atoms with E-state index in [1.54, 1.807) is 18.3 Å². The van der Waals surface area contributed by atoms with Crippen molar-refractivity contribution in [3.63, 3.8) is 0 Å². The number of anilines is 1. The molecular weight excluding hydrogens is 277 g/mol. The van der Waals surface area contributed by atoms with Gasteiger partial charge in [-0.3, -0.25) is 0 Å². The molecule has 0 fully saturated rings. The number of hydrogen-bond donors (Lipinski definition) is 2. The second kappa shape index (κ2) is 6.68. The second-order valence-electron chi connectivity index (χ2n) is 4.53. The standard InChI is InChI=1S/C15H17ClFN3/c1-2-19-14(8-10-4-3-7-20-15(10)18)12-6-5-11(16)9-13(12)17/h3-7,9,14,19H,2,8H2,1H3,(H2,18,20). The Kier molecular flexibility index (Phi) is 4.93. The first-order valence-corrected chi connectivity index (χ1v) is 6.87. The van der Waals surface area contributed by atoms with Crippen molar-refractivity contribution < 1.29 is 4.39 Å². The fourth-order valence-corrected chi connectivity index (χ4v) is 2.32. The van der Waals surface area contributed by atoms with Crippen LogP contribution in [0.1, 0.15) is 24.1 Å². The van der Waals surface area contributed by atoms with Gasteiger partial charge in [-0.25, -0.2) is 9.37 Å². The van der Waals surface area contributed by atoms with Gasteiger partial charge in [0.2, 0.25) is 0 Å². The van der Waals surface area contributed by atoms with Gasteiger partial charge in [-0.2, -0.15) is 0 Å². The number of benzene rings is 1. The SMILES string of the molecule is CCNC(Cc1cccnc1N)c1ccc(Cl)cc1F. The molecule has 0 amide bonds. The van der Waals surface area contributed by atoms with Gasteiger partial charge in [0.25, 0.3) is 0 Å². The molecule has 0 aliphatic heterocycles. The Bertz CT molecular complexity index is 589. The summed E-state index contributed by atoms with van der Waals surface area (Å²) < 4.78 is 14.1. The van der Waals surface area contributed by atoms with E-state index in [4.69, 9.17) is 17.3 Å². The summed E-state index contributed by atoms with van der Waals surface area (Å²) in [6.45, 7) is 2.71. The Morgan fingerprint density at radius 2 is 2.20 bits per heavy atom. The number of nitrogens with zero attached hydrogens (tertiary/aromatic N) is 1. The van der Waals surface area contributed by atoms with Gasteiger partial charge in [0, 0.05) is 22.8 Å². The van der Waals surface area contributed by atoms with Gasteiger partial charge in [-0.05, 0) is 36.7 Å². The molecule has 1 atom stereocenters. The molecule has 3 N–H and O–H groups in total. The molecule has 1 heterocycles. The van der Waals surface area contributed by atoms with E-state index in [1.165, 1.54) is 6.07 Å². The number of hydrogen-bond acceptors (Lipinski definition) is 3. The largest absolute Gasteiger partial charge is 0.383 e. The summed E-state index contributed by atoms with van der Waals surface area (Å²) in [6, 6.07) is 8.29. The first kappa shape index (κ1) is 14.8. The minimum atomic E-state index is -0.314. The molecule has 106 valence electrons. The molecule has 5 heteroatoms. The van der Waals surface area contributed by atoms with Crippen LogP contribution in [0.15, 0.2) is 36.5 Å². The third-order valence-electron chi connectivity index (χ3n) is 3.14. The third kappa shape index (κ3) is 3.46. The summed E-state index contributed by atoms with van der Waals surface area (Å²) in [5, 5.41) is 3.66. The number of pyridine rings is 1. The molecule has 0 bridgehead atoms. The van der Waals surface area contributed by atoms with Crippen molar-refractivity contribution in [2.45, 2.75) is 19.4 Å². The predicted molar refractivity (Wildman–Crippen MR) is 80.2 cm³/mol. The van der Waals surface area contributed by atoms with Crippen molar-refractivity contribution in [1.29, 1.82) is 0 Å². The van der Waals surface area contributed by atoms with Crippen molar-refractivity contribution >= 4 is 17.4 Å². The van der Waals surface area contributed by atoms with Gasteiger partial charge >= 0.3 is 0 Å². The normalized spacial score (nSPS) is 12.3. The smallest absolute Gasteiger partial charge is 0.129 e. The maximum atomic E-state index is 14.1. The molecule has 2 rings (SSSR count). The van der Waals surface area contributed by atoms with Crippen LogP contribution in [-0.4, -0.2) is 11.5 Å². The average molecular weight is 294 g/mol.